The SMILES string of the molecule is CCc1cc(Br)ccc1NC(=O)[C@@H](N)CC(C)C. The summed E-state index contributed by atoms with van der Waals surface area (Å²) < 4.78 is 1.02. The molecule has 0 bridgehead atoms. The largest absolute Gasteiger partial charge is 0.324 e. The van der Waals surface area contributed by atoms with Gasteiger partial charge in [-0.1, -0.05) is 36.7 Å². The van der Waals surface area contributed by atoms with Gasteiger partial charge in [0.15, 0.2) is 0 Å². The topological polar surface area (TPSA) is 55.1 Å². The highest BCUT2D eigenvalue weighted by atomic mass is 79.9. The normalized spacial score (nSPS) is 12.6. The third kappa shape index (κ3) is 4.42. The van der Waals surface area contributed by atoms with Crippen LogP contribution in [0.15, 0.2) is 22.7 Å². The molecule has 0 aromatic heterocycles. The summed E-state index contributed by atoms with van der Waals surface area (Å²) in [4.78, 5) is 12.0. The number of amides is 1. The fourth-order valence-electron chi connectivity index (χ4n) is 1.82. The molecule has 4 heteroatoms. The van der Waals surface area contributed by atoms with Crippen molar-refractivity contribution in [2.24, 2.45) is 11.7 Å². The average molecular weight is 313 g/mol. The maximum Gasteiger partial charge on any atom is 0.241 e. The van der Waals surface area contributed by atoms with Gasteiger partial charge in [0, 0.05) is 10.2 Å². The van der Waals surface area contributed by atoms with Gasteiger partial charge in [-0.25, -0.2) is 0 Å². The second-order valence-electron chi connectivity index (χ2n) is 4.88. The highest BCUT2D eigenvalue weighted by Gasteiger charge is 2.16. The van der Waals surface area contributed by atoms with Gasteiger partial charge in [0.05, 0.1) is 6.04 Å². The fraction of sp³-hybridized carbons (Fsp3) is 0.500. The second-order valence-corrected chi connectivity index (χ2v) is 5.80. The molecule has 3 N–H and O–H groups in total. The first kappa shape index (κ1) is 15.2. The Morgan fingerprint density at radius 3 is 2.67 bits per heavy atom. The van der Waals surface area contributed by atoms with Gasteiger partial charge < -0.3 is 11.1 Å². The van der Waals surface area contributed by atoms with Gasteiger partial charge in [0.1, 0.15) is 0 Å². The van der Waals surface area contributed by atoms with Crippen molar-refractivity contribution in [1.82, 2.24) is 0 Å². The Morgan fingerprint density at radius 2 is 2.11 bits per heavy atom. The van der Waals surface area contributed by atoms with Crippen molar-refractivity contribution in [1.29, 1.82) is 0 Å². The number of carbonyl (C=O) groups excluding carboxylic acids is 1. The molecule has 3 nitrogen and oxygen atoms in total. The van der Waals surface area contributed by atoms with E-state index in [0.29, 0.717) is 12.3 Å². The number of rotatable bonds is 5. The van der Waals surface area contributed by atoms with Crippen LogP contribution >= 0.6 is 15.9 Å². The molecule has 1 atom stereocenters. The summed E-state index contributed by atoms with van der Waals surface area (Å²) in [7, 11) is 0. The number of hydrogen-bond donors (Lipinski definition) is 2. The molecule has 0 saturated heterocycles. The molecule has 0 saturated carbocycles. The predicted molar refractivity (Wildman–Crippen MR) is 79.6 cm³/mol. The summed E-state index contributed by atoms with van der Waals surface area (Å²) in [5.74, 6) is 0.307. The number of anilines is 1. The molecular weight excluding hydrogens is 292 g/mol. The van der Waals surface area contributed by atoms with Crippen LogP contribution in [0.3, 0.4) is 0 Å². The molecular formula is C14H21BrN2O. The Labute approximate surface area is 117 Å². The Bertz CT molecular complexity index is 418. The van der Waals surface area contributed by atoms with E-state index in [4.69, 9.17) is 5.73 Å². The minimum absolute atomic E-state index is 0.110. The standard InChI is InChI=1S/C14H21BrN2O/c1-4-10-8-11(15)5-6-13(10)17-14(18)12(16)7-9(2)3/h5-6,8-9,12H,4,7,16H2,1-3H3,(H,17,18)/t12-/m0/s1. The summed E-state index contributed by atoms with van der Waals surface area (Å²) in [5.41, 5.74) is 7.82. The third-order valence-electron chi connectivity index (χ3n) is 2.77. The van der Waals surface area contributed by atoms with Gasteiger partial charge in [-0.3, -0.25) is 4.79 Å². The molecule has 1 aromatic rings. The lowest BCUT2D eigenvalue weighted by atomic mass is 10.0. The van der Waals surface area contributed by atoms with Crippen molar-refractivity contribution >= 4 is 27.5 Å². The van der Waals surface area contributed by atoms with E-state index in [-0.39, 0.29) is 5.91 Å². The Hall–Kier alpha value is -0.870. The quantitative estimate of drug-likeness (QED) is 0.876. The van der Waals surface area contributed by atoms with E-state index < -0.39 is 6.04 Å². The molecule has 0 unspecified atom stereocenters. The molecule has 1 rings (SSSR count). The van der Waals surface area contributed by atoms with Crippen LogP contribution in [0.25, 0.3) is 0 Å². The van der Waals surface area contributed by atoms with E-state index in [9.17, 15) is 4.79 Å². The molecule has 0 fully saturated rings. The molecule has 0 spiro atoms. The maximum atomic E-state index is 12.0. The van der Waals surface area contributed by atoms with Crippen molar-refractivity contribution in [3.63, 3.8) is 0 Å². The third-order valence-corrected chi connectivity index (χ3v) is 3.26. The van der Waals surface area contributed by atoms with Crippen LogP contribution in [-0.2, 0) is 11.2 Å². The van der Waals surface area contributed by atoms with E-state index >= 15 is 0 Å². The molecule has 0 aliphatic carbocycles. The Morgan fingerprint density at radius 1 is 1.44 bits per heavy atom. The van der Waals surface area contributed by atoms with Crippen LogP contribution < -0.4 is 11.1 Å². The monoisotopic (exact) mass is 312 g/mol. The van der Waals surface area contributed by atoms with E-state index in [2.05, 4.69) is 42.0 Å². The van der Waals surface area contributed by atoms with Gasteiger partial charge in [-0.05, 0) is 42.5 Å². The number of halogens is 1. The molecule has 1 aromatic carbocycles. The molecule has 18 heavy (non-hydrogen) atoms. The molecule has 0 heterocycles. The maximum absolute atomic E-state index is 12.0. The predicted octanol–water partition coefficient (Wildman–Crippen LogP) is 3.32. The first-order valence-electron chi connectivity index (χ1n) is 6.29. The van der Waals surface area contributed by atoms with E-state index in [1.54, 1.807) is 0 Å². The molecule has 0 radical (unpaired) electrons. The van der Waals surface area contributed by atoms with Gasteiger partial charge in [-0.15, -0.1) is 0 Å². The highest BCUT2D eigenvalue weighted by molar-refractivity contribution is 9.10. The zero-order valence-corrected chi connectivity index (χ0v) is 12.8. The number of benzene rings is 1. The highest BCUT2D eigenvalue weighted by Crippen LogP contribution is 2.22. The number of nitrogens with two attached hydrogens (primary N) is 1. The minimum Gasteiger partial charge on any atom is -0.324 e. The zero-order chi connectivity index (χ0) is 13.7. The van der Waals surface area contributed by atoms with Gasteiger partial charge >= 0.3 is 0 Å². The van der Waals surface area contributed by atoms with Crippen molar-refractivity contribution in [2.75, 3.05) is 5.32 Å². The Kier molecular flexibility index (Phi) is 5.82. The van der Waals surface area contributed by atoms with Crippen LogP contribution in [0, 0.1) is 5.92 Å². The number of nitrogens with one attached hydrogen (secondary N) is 1. The summed E-state index contributed by atoms with van der Waals surface area (Å²) in [6, 6.07) is 5.40. The summed E-state index contributed by atoms with van der Waals surface area (Å²) in [5, 5.41) is 2.91. The zero-order valence-electron chi connectivity index (χ0n) is 11.2. The van der Waals surface area contributed by atoms with E-state index in [0.717, 1.165) is 22.1 Å². The lowest BCUT2D eigenvalue weighted by Gasteiger charge is -2.16. The second kappa shape index (κ2) is 6.90. The van der Waals surface area contributed by atoms with Crippen molar-refractivity contribution in [2.45, 2.75) is 39.7 Å². The summed E-state index contributed by atoms with van der Waals surface area (Å²) in [6.45, 7) is 6.18. The number of aryl methyl sites for hydroxylation is 1. The lowest BCUT2D eigenvalue weighted by molar-refractivity contribution is -0.117. The number of hydrogen-bond acceptors (Lipinski definition) is 2. The first-order chi connectivity index (χ1) is 8.43. The molecule has 0 aliphatic heterocycles. The minimum atomic E-state index is -0.446. The van der Waals surface area contributed by atoms with Gasteiger partial charge in [0.2, 0.25) is 5.91 Å². The van der Waals surface area contributed by atoms with Crippen LogP contribution in [0.2, 0.25) is 0 Å². The molecule has 100 valence electrons. The lowest BCUT2D eigenvalue weighted by Crippen LogP contribution is -2.36. The Balaban J connectivity index is 2.75. The fourth-order valence-corrected chi connectivity index (χ4v) is 2.23. The first-order valence-corrected chi connectivity index (χ1v) is 7.08. The van der Waals surface area contributed by atoms with E-state index in [1.165, 1.54) is 0 Å². The molecule has 1 amide bonds. The summed E-state index contributed by atoms with van der Waals surface area (Å²) in [6.07, 6.45) is 1.57. The smallest absolute Gasteiger partial charge is 0.241 e. The van der Waals surface area contributed by atoms with Crippen molar-refractivity contribution in [3.05, 3.63) is 28.2 Å². The van der Waals surface area contributed by atoms with Crippen LogP contribution in [0.4, 0.5) is 5.69 Å². The van der Waals surface area contributed by atoms with Crippen LogP contribution in [0.1, 0.15) is 32.8 Å². The van der Waals surface area contributed by atoms with Crippen LogP contribution in [-0.4, -0.2) is 11.9 Å². The van der Waals surface area contributed by atoms with Crippen molar-refractivity contribution in [3.8, 4) is 0 Å². The van der Waals surface area contributed by atoms with E-state index in [1.807, 2.05) is 18.2 Å². The average Bonchev–Trinajstić information content (AvgIpc) is 2.30. The van der Waals surface area contributed by atoms with Crippen LogP contribution in [0.5, 0.6) is 0 Å². The number of carbonyl (C=O) groups is 1. The molecule has 0 aliphatic rings. The van der Waals surface area contributed by atoms with Gasteiger partial charge in [0.25, 0.3) is 0 Å². The summed E-state index contributed by atoms with van der Waals surface area (Å²) >= 11 is 3.43. The van der Waals surface area contributed by atoms with Crippen molar-refractivity contribution < 1.29 is 4.79 Å². The van der Waals surface area contributed by atoms with Gasteiger partial charge in [-0.2, -0.15) is 0 Å².